The number of hydrogen-bond donors (Lipinski definition) is 1. The van der Waals surface area contributed by atoms with E-state index < -0.39 is 0 Å². The van der Waals surface area contributed by atoms with Gasteiger partial charge in [0.2, 0.25) is 0 Å². The summed E-state index contributed by atoms with van der Waals surface area (Å²) in [6.07, 6.45) is 0.739. The molecule has 2 unspecified atom stereocenters. The molecule has 2 aliphatic heterocycles. The first-order valence-electron chi connectivity index (χ1n) is 6.08. The molecule has 3 rings (SSSR count). The Morgan fingerprint density at radius 3 is 3.17 bits per heavy atom. The molecule has 1 aromatic rings. The number of nitrogens with zero attached hydrogens (tertiary/aromatic N) is 1. The van der Waals surface area contributed by atoms with Crippen molar-refractivity contribution in [3.8, 4) is 0 Å². The Morgan fingerprint density at radius 1 is 1.56 bits per heavy atom. The van der Waals surface area contributed by atoms with Crippen molar-refractivity contribution in [1.29, 1.82) is 0 Å². The summed E-state index contributed by atoms with van der Waals surface area (Å²) < 4.78 is 5.89. The van der Waals surface area contributed by atoms with Gasteiger partial charge in [-0.05, 0) is 30.2 Å². The third-order valence-corrected chi connectivity index (χ3v) is 4.29. The first-order chi connectivity index (χ1) is 8.69. The second kappa shape index (κ2) is 4.46. The first-order valence-corrected chi connectivity index (χ1v) is 6.87. The summed E-state index contributed by atoms with van der Waals surface area (Å²) in [4.78, 5) is 13.4. The maximum absolute atomic E-state index is 11.6. The number of halogens is 1. The Hall–Kier alpha value is -1.23. The minimum Gasteiger partial charge on any atom is -0.453 e. The number of benzene rings is 1. The Morgan fingerprint density at radius 2 is 2.39 bits per heavy atom. The number of piperidine rings is 1. The third kappa shape index (κ3) is 1.86. The van der Waals surface area contributed by atoms with E-state index in [2.05, 4.69) is 33.4 Å². The molecule has 2 aliphatic rings. The summed E-state index contributed by atoms with van der Waals surface area (Å²) in [7, 11) is 1.44. The van der Waals surface area contributed by atoms with Gasteiger partial charge in [-0.3, -0.25) is 0 Å². The lowest BCUT2D eigenvalue weighted by Gasteiger charge is -2.34. The molecule has 0 spiro atoms. The van der Waals surface area contributed by atoms with Gasteiger partial charge in [0.1, 0.15) is 0 Å². The minimum absolute atomic E-state index is 0.225. The number of methoxy groups -OCH3 is 1. The molecule has 96 valence electrons. The highest BCUT2D eigenvalue weighted by atomic mass is 79.9. The molecule has 1 aromatic carbocycles. The van der Waals surface area contributed by atoms with Crippen LogP contribution < -0.4 is 5.32 Å². The van der Waals surface area contributed by atoms with Gasteiger partial charge >= 0.3 is 6.09 Å². The number of carbonyl (C=O) groups is 1. The lowest BCUT2D eigenvalue weighted by atomic mass is 9.89. The third-order valence-electron chi connectivity index (χ3n) is 3.80. The van der Waals surface area contributed by atoms with Crippen LogP contribution in [0.1, 0.15) is 17.9 Å². The molecule has 18 heavy (non-hydrogen) atoms. The SMILES string of the molecule is COC(=O)N1CCC2Nc3ccc(Br)cc3C2C1. The van der Waals surface area contributed by atoms with Gasteiger partial charge in [0.25, 0.3) is 0 Å². The fourth-order valence-corrected chi connectivity index (χ4v) is 3.29. The number of hydrogen-bond acceptors (Lipinski definition) is 3. The number of fused-ring (bicyclic) bond motifs is 3. The number of amides is 1. The van der Waals surface area contributed by atoms with Crippen LogP contribution in [0.3, 0.4) is 0 Å². The summed E-state index contributed by atoms with van der Waals surface area (Å²) in [5.74, 6) is 0.366. The number of likely N-dealkylation sites (tertiary alicyclic amines) is 1. The van der Waals surface area contributed by atoms with Crippen molar-refractivity contribution >= 4 is 27.7 Å². The standard InChI is InChI=1S/C13H15BrN2O2/c1-18-13(17)16-5-4-12-10(7-16)9-6-8(14)2-3-11(9)15-12/h2-3,6,10,12,15H,4-5,7H2,1H3. The second-order valence-electron chi connectivity index (χ2n) is 4.79. The van der Waals surface area contributed by atoms with Crippen molar-refractivity contribution in [2.45, 2.75) is 18.4 Å². The van der Waals surface area contributed by atoms with E-state index in [0.29, 0.717) is 12.0 Å². The lowest BCUT2D eigenvalue weighted by Crippen LogP contribution is -2.44. The van der Waals surface area contributed by atoms with E-state index in [1.165, 1.54) is 18.4 Å². The maximum Gasteiger partial charge on any atom is 0.409 e. The molecular weight excluding hydrogens is 296 g/mol. The van der Waals surface area contributed by atoms with Crippen LogP contribution in [0.25, 0.3) is 0 Å². The smallest absolute Gasteiger partial charge is 0.409 e. The van der Waals surface area contributed by atoms with Crippen LogP contribution in [0.5, 0.6) is 0 Å². The van der Waals surface area contributed by atoms with Crippen molar-refractivity contribution in [2.24, 2.45) is 0 Å². The van der Waals surface area contributed by atoms with Gasteiger partial charge in [-0.15, -0.1) is 0 Å². The van der Waals surface area contributed by atoms with Crippen molar-refractivity contribution in [3.05, 3.63) is 28.2 Å². The molecule has 4 nitrogen and oxygen atoms in total. The lowest BCUT2D eigenvalue weighted by molar-refractivity contribution is 0.110. The minimum atomic E-state index is -0.225. The fourth-order valence-electron chi connectivity index (χ4n) is 2.91. The van der Waals surface area contributed by atoms with E-state index in [9.17, 15) is 4.79 Å². The van der Waals surface area contributed by atoms with E-state index in [1.54, 1.807) is 4.90 Å². The van der Waals surface area contributed by atoms with Crippen LogP contribution in [0.15, 0.2) is 22.7 Å². The zero-order valence-corrected chi connectivity index (χ0v) is 11.7. The van der Waals surface area contributed by atoms with Crippen molar-refractivity contribution in [2.75, 3.05) is 25.5 Å². The van der Waals surface area contributed by atoms with Gasteiger partial charge in [-0.25, -0.2) is 4.79 Å². The molecule has 1 fully saturated rings. The van der Waals surface area contributed by atoms with E-state index >= 15 is 0 Å². The van der Waals surface area contributed by atoms with Crippen LogP contribution >= 0.6 is 15.9 Å². The summed E-state index contributed by atoms with van der Waals surface area (Å²) >= 11 is 3.51. The van der Waals surface area contributed by atoms with Gasteiger partial charge < -0.3 is 15.0 Å². The molecule has 1 N–H and O–H groups in total. The zero-order chi connectivity index (χ0) is 12.7. The topological polar surface area (TPSA) is 41.6 Å². The molecule has 0 bridgehead atoms. The molecule has 0 saturated carbocycles. The van der Waals surface area contributed by atoms with Crippen LogP contribution in [-0.2, 0) is 4.74 Å². The van der Waals surface area contributed by atoms with Gasteiger partial charge in [0, 0.05) is 35.2 Å². The monoisotopic (exact) mass is 310 g/mol. The van der Waals surface area contributed by atoms with Crippen LogP contribution in [-0.4, -0.2) is 37.2 Å². The molecule has 1 saturated heterocycles. The Bertz CT molecular complexity index is 492. The van der Waals surface area contributed by atoms with Crippen LogP contribution in [0.4, 0.5) is 10.5 Å². The number of nitrogens with one attached hydrogen (secondary N) is 1. The predicted molar refractivity (Wildman–Crippen MR) is 72.9 cm³/mol. The Kier molecular flexibility index (Phi) is 2.93. The van der Waals surface area contributed by atoms with E-state index in [4.69, 9.17) is 4.74 Å². The maximum atomic E-state index is 11.6. The Balaban J connectivity index is 1.87. The number of ether oxygens (including phenoxy) is 1. The number of rotatable bonds is 0. The van der Waals surface area contributed by atoms with E-state index in [0.717, 1.165) is 24.0 Å². The van der Waals surface area contributed by atoms with Crippen molar-refractivity contribution in [3.63, 3.8) is 0 Å². The highest BCUT2D eigenvalue weighted by Gasteiger charge is 2.38. The van der Waals surface area contributed by atoms with Gasteiger partial charge in [-0.1, -0.05) is 15.9 Å². The number of carbonyl (C=O) groups excluding carboxylic acids is 1. The second-order valence-corrected chi connectivity index (χ2v) is 5.71. The molecule has 2 atom stereocenters. The summed E-state index contributed by atoms with van der Waals surface area (Å²) in [6, 6.07) is 6.73. The molecule has 1 amide bonds. The molecule has 0 radical (unpaired) electrons. The molecule has 2 heterocycles. The summed E-state index contributed by atoms with van der Waals surface area (Å²) in [6.45, 7) is 1.49. The average molecular weight is 311 g/mol. The number of anilines is 1. The quantitative estimate of drug-likeness (QED) is 0.801. The molecular formula is C13H15BrN2O2. The largest absolute Gasteiger partial charge is 0.453 e. The van der Waals surface area contributed by atoms with Gasteiger partial charge in [-0.2, -0.15) is 0 Å². The summed E-state index contributed by atoms with van der Waals surface area (Å²) in [5, 5.41) is 3.54. The van der Waals surface area contributed by atoms with Gasteiger partial charge in [0.15, 0.2) is 0 Å². The predicted octanol–water partition coefficient (Wildman–Crippen LogP) is 2.80. The zero-order valence-electron chi connectivity index (χ0n) is 10.1. The average Bonchev–Trinajstić information content (AvgIpc) is 2.75. The molecule has 0 aromatic heterocycles. The molecule has 0 aliphatic carbocycles. The first kappa shape index (κ1) is 11.8. The fraction of sp³-hybridized carbons (Fsp3) is 0.462. The Labute approximate surface area is 114 Å². The van der Waals surface area contributed by atoms with Crippen LogP contribution in [0, 0.1) is 0 Å². The van der Waals surface area contributed by atoms with E-state index in [-0.39, 0.29) is 6.09 Å². The van der Waals surface area contributed by atoms with Crippen molar-refractivity contribution < 1.29 is 9.53 Å². The van der Waals surface area contributed by atoms with Crippen molar-refractivity contribution in [1.82, 2.24) is 4.90 Å². The van der Waals surface area contributed by atoms with Gasteiger partial charge in [0.05, 0.1) is 7.11 Å². The normalized spacial score (nSPS) is 25.1. The highest BCUT2D eigenvalue weighted by Crippen LogP contribution is 2.41. The van der Waals surface area contributed by atoms with E-state index in [1.807, 2.05) is 6.07 Å². The summed E-state index contributed by atoms with van der Waals surface area (Å²) in [5.41, 5.74) is 2.49. The molecule has 5 heteroatoms. The highest BCUT2D eigenvalue weighted by molar-refractivity contribution is 9.10. The van der Waals surface area contributed by atoms with Crippen LogP contribution in [0.2, 0.25) is 0 Å².